The van der Waals surface area contributed by atoms with Crippen LogP contribution in [0.3, 0.4) is 0 Å². The van der Waals surface area contributed by atoms with Crippen molar-refractivity contribution in [3.8, 4) is 5.75 Å². The van der Waals surface area contributed by atoms with Gasteiger partial charge in [-0.1, -0.05) is 12.1 Å². The summed E-state index contributed by atoms with van der Waals surface area (Å²) in [5.41, 5.74) is 1.08. The number of alkyl halides is 1. The summed E-state index contributed by atoms with van der Waals surface area (Å²) in [6.07, 6.45) is 1.51. The zero-order valence-corrected chi connectivity index (χ0v) is 9.68. The third-order valence-corrected chi connectivity index (χ3v) is 2.56. The molecule has 84 valence electrons. The molecule has 0 aliphatic carbocycles. The Labute approximate surface area is 98.8 Å². The number of hydrogen-bond acceptors (Lipinski definition) is 3. The van der Waals surface area contributed by atoms with E-state index >= 15 is 0 Å². The van der Waals surface area contributed by atoms with Crippen LogP contribution in [0.1, 0.15) is 11.4 Å². The van der Waals surface area contributed by atoms with Gasteiger partial charge in [0.25, 0.3) is 0 Å². The smallest absolute Gasteiger partial charge is 0.164 e. The van der Waals surface area contributed by atoms with Crippen LogP contribution in [0.2, 0.25) is 0 Å². The second kappa shape index (κ2) is 4.99. The van der Waals surface area contributed by atoms with Crippen molar-refractivity contribution in [3.63, 3.8) is 0 Å². The third-order valence-electron chi connectivity index (χ3n) is 2.25. The molecule has 0 atom stereocenters. The first-order chi connectivity index (χ1) is 7.79. The lowest BCUT2D eigenvalue weighted by molar-refractivity contribution is 0.289. The zero-order chi connectivity index (χ0) is 11.4. The fraction of sp³-hybridized carbons (Fsp3) is 0.273. The molecule has 0 saturated heterocycles. The van der Waals surface area contributed by atoms with E-state index in [0.717, 1.165) is 17.1 Å². The van der Waals surface area contributed by atoms with E-state index in [-0.39, 0.29) is 0 Å². The van der Waals surface area contributed by atoms with Gasteiger partial charge in [-0.05, 0) is 17.7 Å². The average molecular weight is 238 g/mol. The van der Waals surface area contributed by atoms with E-state index in [1.54, 1.807) is 4.68 Å². The molecule has 1 aromatic heterocycles. The molecule has 0 unspecified atom stereocenters. The largest absolute Gasteiger partial charge is 0.486 e. The summed E-state index contributed by atoms with van der Waals surface area (Å²) in [4.78, 5) is 4.07. The average Bonchev–Trinajstić information content (AvgIpc) is 2.73. The third kappa shape index (κ3) is 2.52. The van der Waals surface area contributed by atoms with Crippen LogP contribution in [-0.4, -0.2) is 14.8 Å². The maximum absolute atomic E-state index is 5.70. The first kappa shape index (κ1) is 11.0. The first-order valence-electron chi connectivity index (χ1n) is 4.90. The van der Waals surface area contributed by atoms with E-state index in [2.05, 4.69) is 10.1 Å². The SMILES string of the molecule is Cn1ncnc1COc1ccc(CCl)cc1. The molecule has 0 fully saturated rings. The van der Waals surface area contributed by atoms with Crippen LogP contribution in [0, 0.1) is 0 Å². The maximum Gasteiger partial charge on any atom is 0.164 e. The van der Waals surface area contributed by atoms with Gasteiger partial charge in [-0.25, -0.2) is 4.98 Å². The summed E-state index contributed by atoms with van der Waals surface area (Å²) in [6, 6.07) is 7.68. The van der Waals surface area contributed by atoms with Crippen molar-refractivity contribution < 1.29 is 4.74 Å². The highest BCUT2D eigenvalue weighted by Crippen LogP contribution is 2.14. The number of rotatable bonds is 4. The van der Waals surface area contributed by atoms with E-state index in [9.17, 15) is 0 Å². The van der Waals surface area contributed by atoms with E-state index in [1.165, 1.54) is 6.33 Å². The Morgan fingerprint density at radius 3 is 2.62 bits per heavy atom. The summed E-state index contributed by atoms with van der Waals surface area (Å²) in [5.74, 6) is 2.11. The van der Waals surface area contributed by atoms with Gasteiger partial charge < -0.3 is 4.74 Å². The van der Waals surface area contributed by atoms with Gasteiger partial charge in [-0.3, -0.25) is 4.68 Å². The minimum absolute atomic E-state index is 0.413. The Morgan fingerprint density at radius 1 is 1.31 bits per heavy atom. The molecule has 2 aromatic rings. The van der Waals surface area contributed by atoms with E-state index in [0.29, 0.717) is 12.5 Å². The number of benzene rings is 1. The van der Waals surface area contributed by atoms with Crippen molar-refractivity contribution in [1.29, 1.82) is 0 Å². The summed E-state index contributed by atoms with van der Waals surface area (Å²) in [7, 11) is 1.84. The number of nitrogens with zero attached hydrogens (tertiary/aromatic N) is 3. The minimum atomic E-state index is 0.413. The van der Waals surface area contributed by atoms with Crippen LogP contribution in [0.5, 0.6) is 5.75 Å². The molecule has 1 aromatic carbocycles. The van der Waals surface area contributed by atoms with Crippen LogP contribution in [0.25, 0.3) is 0 Å². The van der Waals surface area contributed by atoms with Crippen molar-refractivity contribution in [3.05, 3.63) is 42.0 Å². The molecule has 0 bridgehead atoms. The van der Waals surface area contributed by atoms with Crippen molar-refractivity contribution in [2.45, 2.75) is 12.5 Å². The molecule has 0 spiro atoms. The van der Waals surface area contributed by atoms with Gasteiger partial charge in [0.15, 0.2) is 5.82 Å². The van der Waals surface area contributed by atoms with Crippen molar-refractivity contribution in [2.75, 3.05) is 0 Å². The van der Waals surface area contributed by atoms with Gasteiger partial charge in [0.05, 0.1) is 0 Å². The van der Waals surface area contributed by atoms with Gasteiger partial charge in [-0.2, -0.15) is 5.10 Å². The molecule has 0 aliphatic rings. The lowest BCUT2D eigenvalue weighted by Crippen LogP contribution is -2.04. The Kier molecular flexibility index (Phi) is 3.41. The molecule has 0 N–H and O–H groups in total. The van der Waals surface area contributed by atoms with Crippen LogP contribution in [-0.2, 0) is 19.5 Å². The fourth-order valence-corrected chi connectivity index (χ4v) is 1.45. The monoisotopic (exact) mass is 237 g/mol. The molecule has 1 heterocycles. The molecule has 0 amide bonds. The Balaban J connectivity index is 1.97. The fourth-order valence-electron chi connectivity index (χ4n) is 1.27. The highest BCUT2D eigenvalue weighted by Gasteiger charge is 2.01. The summed E-state index contributed by atoms with van der Waals surface area (Å²) >= 11 is 5.70. The predicted octanol–water partition coefficient (Wildman–Crippen LogP) is 2.13. The number of aryl methyl sites for hydroxylation is 1. The molecule has 4 nitrogen and oxygen atoms in total. The topological polar surface area (TPSA) is 39.9 Å². The van der Waals surface area contributed by atoms with Crippen LogP contribution < -0.4 is 4.74 Å². The standard InChI is InChI=1S/C11H12ClN3O/c1-15-11(13-8-14-15)7-16-10-4-2-9(6-12)3-5-10/h2-5,8H,6-7H2,1H3. The molecule has 5 heteroatoms. The molecular formula is C11H12ClN3O. The summed E-state index contributed by atoms with van der Waals surface area (Å²) in [6.45, 7) is 0.413. The normalized spacial score (nSPS) is 10.4. The molecule has 2 rings (SSSR count). The lowest BCUT2D eigenvalue weighted by atomic mass is 10.2. The maximum atomic E-state index is 5.70. The van der Waals surface area contributed by atoms with Crippen LogP contribution in [0.15, 0.2) is 30.6 Å². The van der Waals surface area contributed by atoms with E-state index in [4.69, 9.17) is 16.3 Å². The molecule has 0 radical (unpaired) electrons. The van der Waals surface area contributed by atoms with Crippen molar-refractivity contribution in [1.82, 2.24) is 14.8 Å². The van der Waals surface area contributed by atoms with Crippen LogP contribution >= 0.6 is 11.6 Å². The van der Waals surface area contributed by atoms with E-state index in [1.807, 2.05) is 31.3 Å². The second-order valence-corrected chi connectivity index (χ2v) is 3.63. The lowest BCUT2D eigenvalue weighted by Gasteiger charge is -2.05. The number of hydrogen-bond donors (Lipinski definition) is 0. The number of halogens is 1. The van der Waals surface area contributed by atoms with E-state index < -0.39 is 0 Å². The van der Waals surface area contributed by atoms with Gasteiger partial charge in [0.1, 0.15) is 18.7 Å². The highest BCUT2D eigenvalue weighted by atomic mass is 35.5. The molecular weight excluding hydrogens is 226 g/mol. The van der Waals surface area contributed by atoms with Gasteiger partial charge in [-0.15, -0.1) is 11.6 Å². The molecule has 16 heavy (non-hydrogen) atoms. The van der Waals surface area contributed by atoms with Crippen LogP contribution in [0.4, 0.5) is 0 Å². The Hall–Kier alpha value is -1.55. The Bertz CT molecular complexity index is 453. The van der Waals surface area contributed by atoms with Crippen molar-refractivity contribution >= 4 is 11.6 Å². The number of aromatic nitrogens is 3. The van der Waals surface area contributed by atoms with Gasteiger partial charge in [0, 0.05) is 12.9 Å². The minimum Gasteiger partial charge on any atom is -0.486 e. The van der Waals surface area contributed by atoms with Gasteiger partial charge >= 0.3 is 0 Å². The number of ether oxygens (including phenoxy) is 1. The Morgan fingerprint density at radius 2 is 2.06 bits per heavy atom. The predicted molar refractivity (Wildman–Crippen MR) is 61.3 cm³/mol. The zero-order valence-electron chi connectivity index (χ0n) is 8.93. The first-order valence-corrected chi connectivity index (χ1v) is 5.43. The molecule has 0 saturated carbocycles. The summed E-state index contributed by atoms with van der Waals surface area (Å²) in [5, 5.41) is 3.96. The molecule has 0 aliphatic heterocycles. The van der Waals surface area contributed by atoms with Gasteiger partial charge in [0.2, 0.25) is 0 Å². The highest BCUT2D eigenvalue weighted by molar-refractivity contribution is 6.17. The quantitative estimate of drug-likeness (QED) is 0.765. The van der Waals surface area contributed by atoms with Crippen molar-refractivity contribution in [2.24, 2.45) is 7.05 Å². The summed E-state index contributed by atoms with van der Waals surface area (Å²) < 4.78 is 7.25. The second-order valence-electron chi connectivity index (χ2n) is 3.37.